The van der Waals surface area contributed by atoms with Gasteiger partial charge in [-0.1, -0.05) is 38.1 Å². The van der Waals surface area contributed by atoms with Gasteiger partial charge in [-0.15, -0.1) is 0 Å². The Morgan fingerprint density at radius 2 is 1.96 bits per heavy atom. The average molecular weight is 337 g/mol. The highest BCUT2D eigenvalue weighted by atomic mass is 32.2. The molecule has 1 N–H and O–H groups in total. The summed E-state index contributed by atoms with van der Waals surface area (Å²) in [5.74, 6) is 1.31. The molecule has 1 amide bonds. The third-order valence-corrected chi connectivity index (χ3v) is 4.87. The summed E-state index contributed by atoms with van der Waals surface area (Å²) in [5, 5.41) is 3.06. The van der Waals surface area contributed by atoms with Gasteiger partial charge in [-0.3, -0.25) is 13.9 Å². The first-order chi connectivity index (χ1) is 11.0. The van der Waals surface area contributed by atoms with E-state index >= 15 is 0 Å². The Morgan fingerprint density at radius 3 is 2.57 bits per heavy atom. The van der Waals surface area contributed by atoms with E-state index in [0.717, 1.165) is 37.1 Å². The molecule has 0 saturated carbocycles. The van der Waals surface area contributed by atoms with E-state index < -0.39 is 10.8 Å². The Kier molecular flexibility index (Phi) is 6.78. The van der Waals surface area contributed by atoms with Crippen LogP contribution in [0, 0.1) is 5.92 Å². The maximum atomic E-state index is 12.4. The number of rotatable bonds is 7. The van der Waals surface area contributed by atoms with E-state index in [1.807, 2.05) is 24.3 Å². The quantitative estimate of drug-likeness (QED) is 0.831. The molecule has 5 heteroatoms. The zero-order chi connectivity index (χ0) is 16.8. The maximum absolute atomic E-state index is 12.4. The molecule has 1 aromatic rings. The summed E-state index contributed by atoms with van der Waals surface area (Å²) >= 11 is 0. The second-order valence-electron chi connectivity index (χ2n) is 6.80. The molecule has 1 heterocycles. The fourth-order valence-corrected chi connectivity index (χ4v) is 3.77. The first kappa shape index (κ1) is 18.1. The minimum absolute atomic E-state index is 0.0270. The van der Waals surface area contributed by atoms with Crippen LogP contribution in [0.3, 0.4) is 0 Å². The summed E-state index contributed by atoms with van der Waals surface area (Å²) in [4.78, 5) is 14.7. The Bertz CT molecular complexity index is 542. The number of amides is 1. The van der Waals surface area contributed by atoms with Crippen molar-refractivity contribution in [3.05, 3.63) is 35.4 Å². The Hall–Kier alpha value is -1.20. The number of carbonyl (C=O) groups is 1. The topological polar surface area (TPSA) is 49.4 Å². The van der Waals surface area contributed by atoms with Crippen molar-refractivity contribution in [2.75, 3.05) is 19.3 Å². The fraction of sp³-hybridized carbons (Fsp3) is 0.611. The summed E-state index contributed by atoms with van der Waals surface area (Å²) in [6.07, 6.45) is 3.77. The van der Waals surface area contributed by atoms with Crippen molar-refractivity contribution < 1.29 is 9.00 Å². The van der Waals surface area contributed by atoms with Gasteiger partial charge in [-0.2, -0.15) is 0 Å². The van der Waals surface area contributed by atoms with E-state index in [0.29, 0.717) is 18.2 Å². The minimum atomic E-state index is -0.820. The van der Waals surface area contributed by atoms with Crippen LogP contribution in [-0.2, 0) is 27.9 Å². The Balaban J connectivity index is 1.85. The summed E-state index contributed by atoms with van der Waals surface area (Å²) in [5.41, 5.74) is 2.15. The van der Waals surface area contributed by atoms with E-state index in [9.17, 15) is 9.00 Å². The van der Waals surface area contributed by atoms with Crippen molar-refractivity contribution in [3.8, 4) is 0 Å². The van der Waals surface area contributed by atoms with Crippen LogP contribution in [0.15, 0.2) is 24.3 Å². The van der Waals surface area contributed by atoms with Gasteiger partial charge in [-0.05, 0) is 36.4 Å². The number of likely N-dealkylation sites (tertiary alicyclic amines) is 1. The average Bonchev–Trinajstić information content (AvgIpc) is 2.93. The van der Waals surface area contributed by atoms with Gasteiger partial charge in [0.25, 0.3) is 0 Å². The first-order valence-electron chi connectivity index (χ1n) is 8.35. The van der Waals surface area contributed by atoms with Crippen LogP contribution < -0.4 is 5.32 Å². The van der Waals surface area contributed by atoms with Gasteiger partial charge in [0, 0.05) is 35.9 Å². The molecule has 1 aliphatic heterocycles. The molecule has 0 radical (unpaired) electrons. The Morgan fingerprint density at radius 1 is 1.30 bits per heavy atom. The van der Waals surface area contributed by atoms with Gasteiger partial charge in [0.1, 0.15) is 0 Å². The lowest BCUT2D eigenvalue weighted by molar-refractivity contribution is -0.125. The molecule has 1 aliphatic rings. The number of carbonyl (C=O) groups excluding carboxylic acids is 1. The van der Waals surface area contributed by atoms with Crippen molar-refractivity contribution in [3.63, 3.8) is 0 Å². The van der Waals surface area contributed by atoms with Crippen molar-refractivity contribution in [1.29, 1.82) is 0 Å². The zero-order valence-corrected chi connectivity index (χ0v) is 15.2. The SMILES string of the molecule is CC(C)CN1CCCC1C(=O)NCc1ccc(CS(C)=O)cc1. The second-order valence-corrected chi connectivity index (χ2v) is 8.23. The smallest absolute Gasteiger partial charge is 0.237 e. The summed E-state index contributed by atoms with van der Waals surface area (Å²) in [7, 11) is -0.820. The van der Waals surface area contributed by atoms with E-state index in [4.69, 9.17) is 0 Å². The van der Waals surface area contributed by atoms with Gasteiger partial charge < -0.3 is 5.32 Å². The lowest BCUT2D eigenvalue weighted by atomic mass is 10.1. The molecular weight excluding hydrogens is 308 g/mol. The van der Waals surface area contributed by atoms with Gasteiger partial charge in [0.05, 0.1) is 6.04 Å². The Labute approximate surface area is 142 Å². The molecule has 0 aromatic heterocycles. The molecule has 0 bridgehead atoms. The largest absolute Gasteiger partial charge is 0.351 e. The van der Waals surface area contributed by atoms with Crippen LogP contribution >= 0.6 is 0 Å². The van der Waals surface area contributed by atoms with E-state index in [-0.39, 0.29) is 11.9 Å². The molecular formula is C18H28N2O2S. The standard InChI is InChI=1S/C18H28N2O2S/c1-14(2)12-20-10-4-5-17(20)18(21)19-11-15-6-8-16(9-7-15)13-23(3)22/h6-9,14,17H,4-5,10-13H2,1-3H3,(H,19,21). The molecule has 0 spiro atoms. The van der Waals surface area contributed by atoms with Crippen LogP contribution in [-0.4, -0.2) is 40.4 Å². The minimum Gasteiger partial charge on any atom is -0.351 e. The molecule has 23 heavy (non-hydrogen) atoms. The molecule has 2 rings (SSSR count). The second kappa shape index (κ2) is 8.60. The summed E-state index contributed by atoms with van der Waals surface area (Å²) < 4.78 is 11.2. The van der Waals surface area contributed by atoms with Crippen molar-refractivity contribution >= 4 is 16.7 Å². The van der Waals surface area contributed by atoms with Crippen molar-refractivity contribution in [2.45, 2.75) is 45.0 Å². The highest BCUT2D eigenvalue weighted by Crippen LogP contribution is 2.19. The van der Waals surface area contributed by atoms with Gasteiger partial charge in [-0.25, -0.2) is 0 Å². The number of hydrogen-bond acceptors (Lipinski definition) is 3. The summed E-state index contributed by atoms with van der Waals surface area (Å²) in [6, 6.07) is 8.01. The number of nitrogens with one attached hydrogen (secondary N) is 1. The fourth-order valence-electron chi connectivity index (χ4n) is 3.11. The molecule has 0 aliphatic carbocycles. The number of benzene rings is 1. The van der Waals surface area contributed by atoms with Crippen molar-refractivity contribution in [1.82, 2.24) is 10.2 Å². The third kappa shape index (κ3) is 5.74. The molecule has 2 atom stereocenters. The number of nitrogens with zero attached hydrogens (tertiary/aromatic N) is 1. The third-order valence-electron chi connectivity index (χ3n) is 4.13. The van der Waals surface area contributed by atoms with E-state index in [1.165, 1.54) is 0 Å². The van der Waals surface area contributed by atoms with Gasteiger partial charge in [0.2, 0.25) is 5.91 Å². The van der Waals surface area contributed by atoms with Gasteiger partial charge in [0.15, 0.2) is 0 Å². The van der Waals surface area contributed by atoms with Crippen LogP contribution in [0.25, 0.3) is 0 Å². The first-order valence-corrected chi connectivity index (χ1v) is 10.1. The normalized spacial score (nSPS) is 19.9. The lowest BCUT2D eigenvalue weighted by Gasteiger charge is -2.25. The van der Waals surface area contributed by atoms with Crippen LogP contribution in [0.4, 0.5) is 0 Å². The highest BCUT2D eigenvalue weighted by Gasteiger charge is 2.30. The number of hydrogen-bond donors (Lipinski definition) is 1. The maximum Gasteiger partial charge on any atom is 0.237 e. The molecule has 2 unspecified atom stereocenters. The predicted molar refractivity (Wildman–Crippen MR) is 95.5 cm³/mol. The van der Waals surface area contributed by atoms with E-state index in [1.54, 1.807) is 6.26 Å². The van der Waals surface area contributed by atoms with Crippen LogP contribution in [0.2, 0.25) is 0 Å². The summed E-state index contributed by atoms with van der Waals surface area (Å²) in [6.45, 7) is 6.96. The van der Waals surface area contributed by atoms with Crippen LogP contribution in [0.1, 0.15) is 37.8 Å². The molecule has 4 nitrogen and oxygen atoms in total. The van der Waals surface area contributed by atoms with Crippen LogP contribution in [0.5, 0.6) is 0 Å². The predicted octanol–water partition coefficient (Wildman–Crippen LogP) is 2.30. The highest BCUT2D eigenvalue weighted by molar-refractivity contribution is 7.83. The monoisotopic (exact) mass is 336 g/mol. The zero-order valence-electron chi connectivity index (χ0n) is 14.4. The molecule has 1 fully saturated rings. The van der Waals surface area contributed by atoms with Gasteiger partial charge >= 0.3 is 0 Å². The molecule has 1 aromatic carbocycles. The van der Waals surface area contributed by atoms with E-state index in [2.05, 4.69) is 24.1 Å². The molecule has 1 saturated heterocycles. The molecule has 128 valence electrons. The van der Waals surface area contributed by atoms with Crippen molar-refractivity contribution in [2.24, 2.45) is 5.92 Å². The lowest BCUT2D eigenvalue weighted by Crippen LogP contribution is -2.44.